The van der Waals surface area contributed by atoms with E-state index in [0.29, 0.717) is 81.8 Å². The summed E-state index contributed by atoms with van der Waals surface area (Å²) in [6, 6.07) is 35.1. The molecule has 0 aliphatic carbocycles. The lowest BCUT2D eigenvalue weighted by Gasteiger charge is -2.51. The Bertz CT molecular complexity index is 6000. The van der Waals surface area contributed by atoms with Crippen molar-refractivity contribution in [1.29, 1.82) is 0 Å². The zero-order chi connectivity index (χ0) is 105. The molecule has 776 valence electrons. The number of carbonyl (C=O) groups excluding carboxylic acids is 6. The summed E-state index contributed by atoms with van der Waals surface area (Å²) < 4.78 is 261. The van der Waals surface area contributed by atoms with E-state index < -0.39 is 164 Å². The number of aromatic nitrogens is 3. The summed E-state index contributed by atoms with van der Waals surface area (Å²) in [7, 11) is 3.16. The van der Waals surface area contributed by atoms with Gasteiger partial charge in [0, 0.05) is 155 Å². The molecule has 4 unspecified atom stereocenters. The van der Waals surface area contributed by atoms with Gasteiger partial charge in [-0.3, -0.25) is 43.7 Å². The minimum absolute atomic E-state index is 0.00770. The summed E-state index contributed by atoms with van der Waals surface area (Å²) in [6.45, 7) is 13.2. The molecule has 0 bridgehead atoms. The van der Waals surface area contributed by atoms with Gasteiger partial charge in [0.1, 0.15) is 47.8 Å². The molecule has 0 radical (unpaired) electrons. The van der Waals surface area contributed by atoms with Crippen molar-refractivity contribution in [2.45, 2.75) is 143 Å². The molecular formula is C103H106BrF16N11O14. The molecule has 9 heterocycles. The maximum Gasteiger partial charge on any atom is 0.417 e. The number of pyridine rings is 3. The van der Waals surface area contributed by atoms with Crippen LogP contribution in [-0.2, 0) is 60.3 Å². The number of likely N-dealkylation sites (tertiary alicyclic amines) is 4. The number of para-hydroxylation sites is 4. The number of nitrogens with zero attached hydrogens (tertiary/aromatic N) is 11. The van der Waals surface area contributed by atoms with Gasteiger partial charge in [0.05, 0.1) is 97.8 Å². The van der Waals surface area contributed by atoms with Gasteiger partial charge in [-0.1, -0.05) is 66.7 Å². The molecule has 15 rings (SSSR count). The molecule has 6 fully saturated rings. The molecule has 0 saturated carbocycles. The number of benzene rings is 6. The third-order valence-corrected chi connectivity index (χ3v) is 26.9. The van der Waals surface area contributed by atoms with E-state index in [4.69, 9.17) is 33.2 Å². The van der Waals surface area contributed by atoms with Crippen molar-refractivity contribution in [3.8, 4) is 28.7 Å². The molecule has 1 N–H and O–H groups in total. The van der Waals surface area contributed by atoms with Crippen LogP contribution in [0, 0.1) is 5.82 Å². The molecule has 145 heavy (non-hydrogen) atoms. The molecule has 9 aromatic rings. The fourth-order valence-corrected chi connectivity index (χ4v) is 19.4. The molecule has 6 saturated heterocycles. The van der Waals surface area contributed by atoms with Crippen LogP contribution in [-0.4, -0.2) is 246 Å². The predicted octanol–water partition coefficient (Wildman–Crippen LogP) is 18.9. The van der Waals surface area contributed by atoms with Crippen LogP contribution in [0.25, 0.3) is 0 Å². The van der Waals surface area contributed by atoms with Gasteiger partial charge in [0.2, 0.25) is 16.8 Å². The highest BCUT2D eigenvalue weighted by atomic mass is 79.9. The highest BCUT2D eigenvalue weighted by molar-refractivity contribution is 9.10. The highest BCUT2D eigenvalue weighted by Crippen LogP contribution is 2.47. The Labute approximate surface area is 833 Å². The van der Waals surface area contributed by atoms with Crippen LogP contribution >= 0.6 is 15.9 Å². The van der Waals surface area contributed by atoms with E-state index >= 15 is 0 Å². The smallest absolute Gasteiger partial charge is 0.417 e. The largest absolute Gasteiger partial charge is 0.489 e. The number of halogens is 17. The normalized spacial score (nSPS) is 20.5. The van der Waals surface area contributed by atoms with E-state index in [2.05, 4.69) is 53.8 Å². The van der Waals surface area contributed by atoms with Crippen molar-refractivity contribution >= 4 is 62.7 Å². The number of hydrogen-bond donors (Lipinski definition) is 1. The number of anilines is 2. The molecule has 0 spiro atoms. The van der Waals surface area contributed by atoms with Gasteiger partial charge in [-0.15, -0.1) is 13.2 Å². The standard InChI is InChI=1S/C35H37BrF4N4O5.C34H36F6N4O5.C34H33F6N3O4/c1-3-7-31-34(49-24-10-11-27(36)28(37)22-24,13-6-15-44(31)32(45)25-23-41-14-12-26(25)35(38,39)40)33(46)43-18-16-42(17-19-43)29-8-4-5-9-30(29)48-21-20-47-2;1-23-21-42(28-6-3-4-7-29(28)48-19-18-47-2)16-17-44(23)31(46)32(49-25-10-8-24(9-11-25)33(35,36)37)13-5-15-43(22-32)30(45)26-20-41-14-12-27(26)34(38,39)40;1-2-7-28-32(47-25-12-10-24(11-13-25)33(35,36)37,30(45)42-20-16-31(46,17-21-42)23-8-4-3-5-9-23)15-6-19-43(28)29(44)26-22-41-18-14-27(26)34(38,39)40/h3-5,8-12,14,22-23,31H,1,6-7,13,15-21H2,2H3;3-4,6-12,14,20,23H,5,13,15-19,21-22H2,1-2H3;2-5,8-14,18,22,28,46H,1,6-7,15-17,19-21H2/t;23-,32-;/m.0./s1. The number of piperazine rings is 2. The maximum atomic E-state index is 14.8. The number of hydrogen-bond acceptors (Lipinski definition) is 19. The van der Waals surface area contributed by atoms with Crippen LogP contribution in [0.1, 0.15) is 136 Å². The quantitative estimate of drug-likeness (QED) is 0.0285. The minimum Gasteiger partial charge on any atom is -0.489 e. The van der Waals surface area contributed by atoms with E-state index in [1.165, 1.54) is 34.1 Å². The van der Waals surface area contributed by atoms with Gasteiger partial charge in [0.15, 0.2) is 0 Å². The fourth-order valence-electron chi connectivity index (χ4n) is 19.2. The molecule has 3 aromatic heterocycles. The number of aliphatic hydroxyl groups is 1. The summed E-state index contributed by atoms with van der Waals surface area (Å²) in [6.07, 6.45) is -14.5. The summed E-state index contributed by atoms with van der Waals surface area (Å²) in [4.78, 5) is 109. The average Bonchev–Trinajstić information content (AvgIpc) is 0.722. The Hall–Kier alpha value is -13.1. The molecule has 6 aliphatic rings. The molecule has 6 atom stereocenters. The molecule has 42 heteroatoms. The summed E-state index contributed by atoms with van der Waals surface area (Å²) >= 11 is 3.13. The van der Waals surface area contributed by atoms with Crippen molar-refractivity contribution in [2.75, 3.05) is 136 Å². The maximum absolute atomic E-state index is 14.8. The summed E-state index contributed by atoms with van der Waals surface area (Å²) in [5.41, 5.74) is -11.7. The number of methoxy groups -OCH3 is 2. The highest BCUT2D eigenvalue weighted by Gasteiger charge is 2.60. The van der Waals surface area contributed by atoms with Crippen LogP contribution in [0.3, 0.4) is 0 Å². The van der Waals surface area contributed by atoms with Crippen molar-refractivity contribution < 1.29 is 137 Å². The Kier molecular flexibility index (Phi) is 35.0. The molecule has 6 amide bonds. The van der Waals surface area contributed by atoms with E-state index in [-0.39, 0.29) is 138 Å². The van der Waals surface area contributed by atoms with Gasteiger partial charge >= 0.3 is 30.9 Å². The van der Waals surface area contributed by atoms with Crippen LogP contribution in [0.2, 0.25) is 0 Å². The van der Waals surface area contributed by atoms with Crippen molar-refractivity contribution in [3.63, 3.8) is 0 Å². The SMILES string of the molecule is C=CCC1N(C(=O)c2cnccc2C(F)(F)F)CCCC1(Oc1ccc(Br)c(F)c1)C(=O)N1CCN(c2ccccc2OCCOC)CC1.C=CCC1N(C(=O)c2cnccc2C(F)(F)F)CCCC1(Oc1ccc(C(F)(F)F)cc1)C(=O)N1CCC(O)(c2ccccc2)CC1.COCCOc1ccccc1N1CCN(C(=O)[C@]2(Oc3ccc(C(F)(F)F)cc3)CCCN(C(=O)c3cnccc3C(F)(F)F)C2)[C@@H](C)C1. The van der Waals surface area contributed by atoms with Crippen LogP contribution in [0.15, 0.2) is 231 Å². The zero-order valence-electron chi connectivity index (χ0n) is 79.0. The van der Waals surface area contributed by atoms with E-state index in [1.54, 1.807) is 48.3 Å². The van der Waals surface area contributed by atoms with Gasteiger partial charge in [-0.25, -0.2) is 4.39 Å². The lowest BCUT2D eigenvalue weighted by atomic mass is 9.78. The van der Waals surface area contributed by atoms with Crippen LogP contribution in [0.4, 0.5) is 81.6 Å². The van der Waals surface area contributed by atoms with Gasteiger partial charge in [-0.2, -0.15) is 65.9 Å². The van der Waals surface area contributed by atoms with Gasteiger partial charge in [0.25, 0.3) is 35.4 Å². The first kappa shape index (κ1) is 109. The fraction of sp³-hybridized carbons (Fsp3) is 0.408. The first-order valence-electron chi connectivity index (χ1n) is 46.6. The Balaban J connectivity index is 0.000000182. The topological polar surface area (TPSA) is 252 Å². The monoisotopic (exact) mass is 2100 g/mol. The Morgan fingerprint density at radius 1 is 0.434 bits per heavy atom. The van der Waals surface area contributed by atoms with Crippen molar-refractivity contribution in [2.24, 2.45) is 0 Å². The van der Waals surface area contributed by atoms with E-state index in [0.717, 1.165) is 119 Å². The lowest BCUT2D eigenvalue weighted by molar-refractivity contribution is -0.163. The van der Waals surface area contributed by atoms with Gasteiger partial charge < -0.3 is 77.5 Å². The van der Waals surface area contributed by atoms with Crippen molar-refractivity contribution in [3.05, 3.63) is 287 Å². The number of carbonyl (C=O) groups is 6. The summed E-state index contributed by atoms with van der Waals surface area (Å²) in [5.74, 6) is -3.95. The van der Waals surface area contributed by atoms with Crippen molar-refractivity contribution in [1.82, 2.24) is 44.4 Å². The number of piperidine rings is 4. The third kappa shape index (κ3) is 25.4. The first-order chi connectivity index (χ1) is 68.9. The number of rotatable bonds is 27. The lowest BCUT2D eigenvalue weighted by Crippen LogP contribution is -2.69. The average molecular weight is 2110 g/mol. The number of ether oxygens (including phenoxy) is 7. The molecule has 25 nitrogen and oxygen atoms in total. The second kappa shape index (κ2) is 46.5. The molecule has 6 aromatic carbocycles. The minimum atomic E-state index is -4.87. The third-order valence-electron chi connectivity index (χ3n) is 26.3. The predicted molar refractivity (Wildman–Crippen MR) is 504 cm³/mol. The number of amides is 6. The van der Waals surface area contributed by atoms with E-state index in [9.17, 15) is 104 Å². The molecular weight excluding hydrogens is 2000 g/mol. The Morgan fingerprint density at radius 2 is 0.848 bits per heavy atom. The molecule has 6 aliphatic heterocycles. The Morgan fingerprint density at radius 3 is 1.29 bits per heavy atom. The van der Waals surface area contributed by atoms with E-state index in [1.807, 2.05) is 61.5 Å². The summed E-state index contributed by atoms with van der Waals surface area (Å²) in [5, 5.41) is 11.4. The van der Waals surface area contributed by atoms with Gasteiger partial charge in [-0.05, 0) is 183 Å². The van der Waals surface area contributed by atoms with Crippen LogP contribution in [0.5, 0.6) is 28.7 Å². The number of alkyl halides is 15. The second-order valence-electron chi connectivity index (χ2n) is 35.5. The second-order valence-corrected chi connectivity index (χ2v) is 36.3. The zero-order valence-corrected chi connectivity index (χ0v) is 80.6. The first-order valence-corrected chi connectivity index (χ1v) is 47.3. The van der Waals surface area contributed by atoms with Crippen LogP contribution < -0.4 is 33.5 Å².